The number of fused-ring (bicyclic) bond motifs is 1. The zero-order valence-electron chi connectivity index (χ0n) is 10.3. The van der Waals surface area contributed by atoms with Crippen LogP contribution in [0.25, 0.3) is 5.52 Å². The van der Waals surface area contributed by atoms with Gasteiger partial charge < -0.3 is 0 Å². The molecule has 0 amide bonds. The highest BCUT2D eigenvalue weighted by atomic mass is 35.5. The number of rotatable bonds is 3. The van der Waals surface area contributed by atoms with Gasteiger partial charge in [0.1, 0.15) is 5.82 Å². The summed E-state index contributed by atoms with van der Waals surface area (Å²) >= 11 is 5.68. The quantitative estimate of drug-likeness (QED) is 0.697. The number of benzene rings is 1. The van der Waals surface area contributed by atoms with Crippen molar-refractivity contribution < 1.29 is 9.18 Å². The second-order valence-electron chi connectivity index (χ2n) is 4.30. The van der Waals surface area contributed by atoms with E-state index in [9.17, 15) is 9.18 Å². The van der Waals surface area contributed by atoms with E-state index in [0.717, 1.165) is 0 Å². The number of nitrogens with zero attached hydrogens (tertiary/aromatic N) is 3. The van der Waals surface area contributed by atoms with E-state index in [0.29, 0.717) is 21.7 Å². The van der Waals surface area contributed by atoms with Gasteiger partial charge in [0.15, 0.2) is 5.78 Å². The van der Waals surface area contributed by atoms with Gasteiger partial charge in [0, 0.05) is 23.8 Å². The summed E-state index contributed by atoms with van der Waals surface area (Å²) in [6, 6.07) is 4.27. The number of hydrogen-bond acceptors (Lipinski definition) is 3. The normalized spacial score (nSPS) is 10.9. The minimum Gasteiger partial charge on any atom is -0.294 e. The van der Waals surface area contributed by atoms with Crippen LogP contribution < -0.4 is 0 Å². The number of Topliss-reactive ketones (excluding diaryl/α,β-unsaturated/α-hetero) is 1. The van der Waals surface area contributed by atoms with Gasteiger partial charge in [0.2, 0.25) is 0 Å². The fraction of sp³-hybridized carbons (Fsp3) is 0.0714. The summed E-state index contributed by atoms with van der Waals surface area (Å²) in [4.78, 5) is 16.2. The molecule has 1 aromatic carbocycles. The van der Waals surface area contributed by atoms with Gasteiger partial charge in [-0.15, -0.1) is 0 Å². The Hall–Kier alpha value is -2.27. The van der Waals surface area contributed by atoms with Crippen molar-refractivity contribution in [3.05, 3.63) is 65.0 Å². The van der Waals surface area contributed by atoms with Crippen molar-refractivity contribution in [1.82, 2.24) is 14.6 Å². The van der Waals surface area contributed by atoms with Gasteiger partial charge >= 0.3 is 0 Å². The van der Waals surface area contributed by atoms with Crippen molar-refractivity contribution in [3.63, 3.8) is 0 Å². The molecule has 100 valence electrons. The fourth-order valence-corrected chi connectivity index (χ4v) is 2.14. The summed E-state index contributed by atoms with van der Waals surface area (Å²) in [6.07, 6.45) is 6.20. The van der Waals surface area contributed by atoms with Crippen molar-refractivity contribution in [2.45, 2.75) is 6.42 Å². The van der Waals surface area contributed by atoms with Crippen LogP contribution in [-0.2, 0) is 6.42 Å². The first-order valence-corrected chi connectivity index (χ1v) is 6.27. The van der Waals surface area contributed by atoms with Gasteiger partial charge in [-0.1, -0.05) is 17.7 Å². The maximum atomic E-state index is 13.7. The van der Waals surface area contributed by atoms with Crippen molar-refractivity contribution in [3.8, 4) is 0 Å². The second kappa shape index (κ2) is 5.02. The summed E-state index contributed by atoms with van der Waals surface area (Å²) < 4.78 is 15.3. The third-order valence-electron chi connectivity index (χ3n) is 2.99. The average molecular weight is 290 g/mol. The van der Waals surface area contributed by atoms with Gasteiger partial charge in [0.25, 0.3) is 0 Å². The number of halogens is 2. The van der Waals surface area contributed by atoms with Crippen molar-refractivity contribution >= 4 is 22.9 Å². The zero-order chi connectivity index (χ0) is 14.1. The lowest BCUT2D eigenvalue weighted by atomic mass is 10.0. The number of hydrogen-bond donors (Lipinski definition) is 0. The Morgan fingerprint density at radius 2 is 2.20 bits per heavy atom. The monoisotopic (exact) mass is 289 g/mol. The molecule has 4 nitrogen and oxygen atoms in total. The number of ketones is 1. The Kier molecular flexibility index (Phi) is 3.20. The predicted octanol–water partition coefficient (Wildman–Crippen LogP) is 2.95. The van der Waals surface area contributed by atoms with Crippen LogP contribution in [0.2, 0.25) is 5.02 Å². The Labute approximate surface area is 118 Å². The minimum atomic E-state index is -0.486. The Balaban J connectivity index is 1.93. The first-order valence-electron chi connectivity index (χ1n) is 5.89. The highest BCUT2D eigenvalue weighted by Gasteiger charge is 2.15. The molecular weight excluding hydrogens is 281 g/mol. The van der Waals surface area contributed by atoms with Gasteiger partial charge in [-0.2, -0.15) is 5.10 Å². The smallest absolute Gasteiger partial charge is 0.171 e. The topological polar surface area (TPSA) is 47.3 Å². The summed E-state index contributed by atoms with van der Waals surface area (Å²) in [5.74, 6) is -0.699. The molecule has 20 heavy (non-hydrogen) atoms. The minimum absolute atomic E-state index is 0.0424. The summed E-state index contributed by atoms with van der Waals surface area (Å²) in [5.41, 5.74) is 1.34. The summed E-state index contributed by atoms with van der Waals surface area (Å²) in [5, 5.41) is 4.36. The molecule has 0 bridgehead atoms. The van der Waals surface area contributed by atoms with Gasteiger partial charge in [-0.3, -0.25) is 9.78 Å². The first kappa shape index (κ1) is 12.7. The first-order chi connectivity index (χ1) is 9.65. The standard InChI is InChI=1S/C14H9ClFN3O/c15-10-2-1-9(12(16)6-10)5-14(20)11-7-18-19-4-3-17-8-13(11)19/h1-4,6-8H,5H2. The Bertz CT molecular complexity index is 800. The fourth-order valence-electron chi connectivity index (χ4n) is 1.98. The molecule has 0 atom stereocenters. The molecule has 0 fully saturated rings. The van der Waals surface area contributed by atoms with Crippen LogP contribution in [-0.4, -0.2) is 20.4 Å². The second-order valence-corrected chi connectivity index (χ2v) is 4.74. The van der Waals surface area contributed by atoms with Gasteiger partial charge in [0.05, 0.1) is 23.5 Å². The third kappa shape index (κ3) is 2.28. The molecule has 0 unspecified atom stereocenters. The molecule has 0 radical (unpaired) electrons. The van der Waals surface area contributed by atoms with Gasteiger partial charge in [-0.05, 0) is 17.7 Å². The lowest BCUT2D eigenvalue weighted by Gasteiger charge is -2.02. The molecule has 2 aromatic heterocycles. The lowest BCUT2D eigenvalue weighted by Crippen LogP contribution is -2.05. The molecular formula is C14H9ClFN3O. The molecule has 0 spiro atoms. The van der Waals surface area contributed by atoms with Crippen molar-refractivity contribution in [1.29, 1.82) is 0 Å². The molecule has 0 saturated carbocycles. The SMILES string of the molecule is O=C(Cc1ccc(Cl)cc1F)c1cnn2ccncc12. The maximum Gasteiger partial charge on any atom is 0.171 e. The van der Waals surface area contributed by atoms with Crippen LogP contribution >= 0.6 is 11.6 Å². The van der Waals surface area contributed by atoms with Crippen molar-refractivity contribution in [2.75, 3.05) is 0 Å². The molecule has 3 aromatic rings. The Morgan fingerprint density at radius 3 is 3.00 bits per heavy atom. The zero-order valence-corrected chi connectivity index (χ0v) is 11.0. The van der Waals surface area contributed by atoms with E-state index in [1.165, 1.54) is 18.3 Å². The van der Waals surface area contributed by atoms with E-state index >= 15 is 0 Å². The van der Waals surface area contributed by atoms with Crippen LogP contribution in [0, 0.1) is 5.82 Å². The molecule has 0 aliphatic rings. The van der Waals surface area contributed by atoms with Crippen LogP contribution in [0.5, 0.6) is 0 Å². The molecule has 0 saturated heterocycles. The largest absolute Gasteiger partial charge is 0.294 e. The lowest BCUT2D eigenvalue weighted by molar-refractivity contribution is 0.0993. The van der Waals surface area contributed by atoms with E-state index in [2.05, 4.69) is 10.1 Å². The number of aromatic nitrogens is 3. The van der Waals surface area contributed by atoms with E-state index in [1.807, 2.05) is 0 Å². The average Bonchev–Trinajstić information content (AvgIpc) is 2.86. The molecule has 3 rings (SSSR count). The highest BCUT2D eigenvalue weighted by molar-refractivity contribution is 6.30. The molecule has 2 heterocycles. The van der Waals surface area contributed by atoms with Crippen molar-refractivity contribution in [2.24, 2.45) is 0 Å². The van der Waals surface area contributed by atoms with E-state index in [1.54, 1.807) is 29.2 Å². The van der Waals surface area contributed by atoms with E-state index in [-0.39, 0.29) is 12.2 Å². The van der Waals surface area contributed by atoms with Crippen LogP contribution in [0.15, 0.2) is 43.0 Å². The summed E-state index contributed by atoms with van der Waals surface area (Å²) in [6.45, 7) is 0. The Morgan fingerprint density at radius 1 is 1.35 bits per heavy atom. The highest BCUT2D eigenvalue weighted by Crippen LogP contribution is 2.18. The van der Waals surface area contributed by atoms with E-state index < -0.39 is 5.82 Å². The summed E-state index contributed by atoms with van der Waals surface area (Å²) in [7, 11) is 0. The maximum absolute atomic E-state index is 13.7. The van der Waals surface area contributed by atoms with E-state index in [4.69, 9.17) is 11.6 Å². The molecule has 6 heteroatoms. The number of carbonyl (C=O) groups is 1. The van der Waals surface area contributed by atoms with Gasteiger partial charge in [-0.25, -0.2) is 8.91 Å². The molecule has 0 aliphatic heterocycles. The van der Waals surface area contributed by atoms with Crippen LogP contribution in [0.3, 0.4) is 0 Å². The number of carbonyl (C=O) groups excluding carboxylic acids is 1. The third-order valence-corrected chi connectivity index (χ3v) is 3.23. The van der Waals surface area contributed by atoms with Crippen LogP contribution in [0.1, 0.15) is 15.9 Å². The van der Waals surface area contributed by atoms with Crippen LogP contribution in [0.4, 0.5) is 4.39 Å². The predicted molar refractivity (Wildman–Crippen MR) is 72.4 cm³/mol. The molecule has 0 aliphatic carbocycles. The molecule has 0 N–H and O–H groups in total.